The number of hydrogen-bond donors (Lipinski definition) is 2. The van der Waals surface area contributed by atoms with Gasteiger partial charge in [0.05, 0.1) is 0 Å². The van der Waals surface area contributed by atoms with E-state index >= 15 is 0 Å². The monoisotopic (exact) mass is 470 g/mol. The molecule has 0 saturated carbocycles. The normalized spacial score (nSPS) is 21.2. The van der Waals surface area contributed by atoms with Gasteiger partial charge in [0.2, 0.25) is 0 Å². The third-order valence-corrected chi connectivity index (χ3v) is 12.2. The second kappa shape index (κ2) is 8.33. The highest BCUT2D eigenvalue weighted by Crippen LogP contribution is 2.52. The Hall–Kier alpha value is -2.71. The Labute approximate surface area is 195 Å². The van der Waals surface area contributed by atoms with E-state index in [0.29, 0.717) is 0 Å². The molecule has 2 atom stereocenters. The van der Waals surface area contributed by atoms with E-state index in [-0.39, 0.29) is 0 Å². The van der Waals surface area contributed by atoms with E-state index in [9.17, 15) is 4.57 Å². The molecule has 2 heterocycles. The number of thiol groups is 2. The van der Waals surface area contributed by atoms with Crippen molar-refractivity contribution in [3.05, 3.63) is 119 Å². The molecule has 2 aliphatic heterocycles. The van der Waals surface area contributed by atoms with Crippen molar-refractivity contribution in [1.29, 1.82) is 0 Å². The lowest BCUT2D eigenvalue weighted by Gasteiger charge is -2.17. The molecule has 0 aromatic heterocycles. The van der Waals surface area contributed by atoms with Gasteiger partial charge in [-0.25, -0.2) is 0 Å². The van der Waals surface area contributed by atoms with Crippen LogP contribution in [-0.2, 0) is 4.57 Å². The van der Waals surface area contributed by atoms with E-state index in [1.807, 2.05) is 0 Å². The molecule has 4 aromatic carbocycles. The lowest BCUT2D eigenvalue weighted by molar-refractivity contribution is 0.598. The molecule has 0 radical (unpaired) electrons. The fourth-order valence-corrected chi connectivity index (χ4v) is 9.73. The summed E-state index contributed by atoms with van der Waals surface area (Å²) in [5.41, 5.74) is 2.63. The molecule has 158 valence electrons. The molecule has 0 aliphatic carbocycles. The van der Waals surface area contributed by atoms with Gasteiger partial charge >= 0.3 is 0 Å². The van der Waals surface area contributed by atoms with Crippen LogP contribution >= 0.6 is 29.6 Å². The third kappa shape index (κ3) is 3.51. The van der Waals surface area contributed by atoms with Gasteiger partial charge in [0.25, 0.3) is 0 Å². The first-order valence-electron chi connectivity index (χ1n) is 10.7. The van der Waals surface area contributed by atoms with Crippen LogP contribution < -0.4 is 10.6 Å². The van der Waals surface area contributed by atoms with E-state index < -0.39 is 29.6 Å². The molecule has 0 amide bonds. The molecule has 0 spiro atoms. The number of benzene rings is 4. The first-order chi connectivity index (χ1) is 15.8. The maximum absolute atomic E-state index is 13.3. The average molecular weight is 471 g/mol. The predicted octanol–water partition coefficient (Wildman–Crippen LogP) is 7.00. The van der Waals surface area contributed by atoms with Crippen LogP contribution in [0.4, 0.5) is 0 Å². The Bertz CT molecular complexity index is 1280. The molecule has 4 aromatic rings. The van der Waals surface area contributed by atoms with Crippen LogP contribution in [0.5, 0.6) is 0 Å². The summed E-state index contributed by atoms with van der Waals surface area (Å²) in [4.78, 5) is 5.43. The zero-order chi connectivity index (χ0) is 21.5. The fourth-order valence-electron chi connectivity index (χ4n) is 4.33. The maximum atomic E-state index is 13.3. The van der Waals surface area contributed by atoms with E-state index in [1.54, 1.807) is 0 Å². The molecule has 4 heteroatoms. The van der Waals surface area contributed by atoms with E-state index in [1.165, 1.54) is 30.7 Å². The third-order valence-electron chi connectivity index (χ3n) is 6.01. The van der Waals surface area contributed by atoms with Gasteiger partial charge in [0.15, 0.2) is 0 Å². The molecule has 1 nitrogen and oxygen atoms in total. The largest absolute Gasteiger partial charge is 0.317 e. The maximum Gasteiger partial charge on any atom is 0.131 e. The molecular formula is C28H23OPS2. The van der Waals surface area contributed by atoms with Gasteiger partial charge in [-0.3, -0.25) is 0 Å². The molecule has 0 fully saturated rings. The van der Waals surface area contributed by atoms with Gasteiger partial charge in [-0.15, -0.1) is 0 Å². The zero-order valence-electron chi connectivity index (χ0n) is 17.3. The lowest BCUT2D eigenvalue weighted by atomic mass is 10.2. The molecular weight excluding hydrogens is 447 g/mol. The van der Waals surface area contributed by atoms with Crippen molar-refractivity contribution in [3.8, 4) is 0 Å². The minimum Gasteiger partial charge on any atom is -0.317 e. The minimum absolute atomic E-state index is 0.449. The molecule has 0 N–H and O–H groups in total. The molecule has 2 unspecified atom stereocenters. The Balaban J connectivity index is 1.22. The van der Waals surface area contributed by atoms with Gasteiger partial charge < -0.3 is 4.57 Å². The van der Waals surface area contributed by atoms with Crippen LogP contribution in [0.15, 0.2) is 127 Å². The standard InChI is InChI=1S/C28H23OPS2/c29-30(23-9-13-25(14-10-23)31-19-17-21-5-1-3-7-27(21)31)24-11-15-26(16-12-24)32-20-18-22-6-2-4-8-28(22)32/h1-20,30-32H. The predicted molar refractivity (Wildman–Crippen MR) is 143 cm³/mol. The summed E-state index contributed by atoms with van der Waals surface area (Å²) in [6, 6.07) is 34.1. The minimum atomic E-state index is -2.02. The SMILES string of the molecule is O=[PH](c1ccc([SH]2C=Cc3ccccc32)cc1)c1ccc([SH]2C=Cc3ccccc32)cc1. The van der Waals surface area contributed by atoms with Crippen molar-refractivity contribution >= 4 is 52.4 Å². The van der Waals surface area contributed by atoms with Gasteiger partial charge in [-0.1, -0.05) is 60.7 Å². The highest BCUT2D eigenvalue weighted by molar-refractivity contribution is 8.20. The molecule has 32 heavy (non-hydrogen) atoms. The van der Waals surface area contributed by atoms with Crippen LogP contribution in [0.25, 0.3) is 12.2 Å². The van der Waals surface area contributed by atoms with Crippen LogP contribution in [-0.4, -0.2) is 0 Å². The van der Waals surface area contributed by atoms with Crippen molar-refractivity contribution in [2.24, 2.45) is 0 Å². The Kier molecular flexibility index (Phi) is 5.19. The fraction of sp³-hybridized carbons (Fsp3) is 0. The highest BCUT2D eigenvalue weighted by Gasteiger charge is 2.17. The van der Waals surface area contributed by atoms with E-state index in [2.05, 4.69) is 120 Å². The average Bonchev–Trinajstić information content (AvgIpc) is 3.48. The van der Waals surface area contributed by atoms with Crippen molar-refractivity contribution in [2.45, 2.75) is 19.6 Å². The van der Waals surface area contributed by atoms with Gasteiger partial charge in [0.1, 0.15) is 7.80 Å². The number of rotatable bonds is 4. The van der Waals surface area contributed by atoms with Crippen LogP contribution in [0.2, 0.25) is 0 Å². The Morgan fingerprint density at radius 1 is 0.500 bits per heavy atom. The van der Waals surface area contributed by atoms with Gasteiger partial charge in [-0.2, -0.15) is 21.8 Å². The number of hydrogen-bond acceptors (Lipinski definition) is 1. The van der Waals surface area contributed by atoms with Crippen molar-refractivity contribution in [1.82, 2.24) is 0 Å². The van der Waals surface area contributed by atoms with Crippen LogP contribution in [0.3, 0.4) is 0 Å². The molecule has 0 saturated heterocycles. The summed E-state index contributed by atoms with van der Waals surface area (Å²) >= 11 is 0. The summed E-state index contributed by atoms with van der Waals surface area (Å²) in [6.45, 7) is 0. The summed E-state index contributed by atoms with van der Waals surface area (Å²) in [7, 11) is -2.91. The zero-order valence-corrected chi connectivity index (χ0v) is 20.1. The van der Waals surface area contributed by atoms with Crippen LogP contribution in [0.1, 0.15) is 11.1 Å². The van der Waals surface area contributed by atoms with Gasteiger partial charge in [0, 0.05) is 20.4 Å². The summed E-state index contributed by atoms with van der Waals surface area (Å²) in [5.74, 6) is 0. The first-order valence-corrected chi connectivity index (χ1v) is 14.9. The van der Waals surface area contributed by atoms with Crippen molar-refractivity contribution in [2.75, 3.05) is 0 Å². The lowest BCUT2D eigenvalue weighted by Crippen LogP contribution is -2.06. The topological polar surface area (TPSA) is 17.1 Å². The first kappa shape index (κ1) is 19.9. The summed E-state index contributed by atoms with van der Waals surface area (Å²) in [5, 5.41) is 6.48. The van der Waals surface area contributed by atoms with E-state index in [0.717, 1.165) is 10.6 Å². The summed E-state index contributed by atoms with van der Waals surface area (Å²) < 4.78 is 13.3. The summed E-state index contributed by atoms with van der Waals surface area (Å²) in [6.07, 6.45) is 4.44. The Morgan fingerprint density at radius 3 is 1.34 bits per heavy atom. The number of fused-ring (bicyclic) bond motifs is 2. The van der Waals surface area contributed by atoms with Crippen molar-refractivity contribution < 1.29 is 4.57 Å². The smallest absolute Gasteiger partial charge is 0.131 e. The quantitative estimate of drug-likeness (QED) is 0.242. The molecule has 2 aliphatic rings. The van der Waals surface area contributed by atoms with Crippen LogP contribution in [0, 0.1) is 0 Å². The highest BCUT2D eigenvalue weighted by atomic mass is 32.2. The molecule has 0 bridgehead atoms. The van der Waals surface area contributed by atoms with E-state index in [4.69, 9.17) is 0 Å². The second-order valence-electron chi connectivity index (χ2n) is 7.91. The van der Waals surface area contributed by atoms with Crippen molar-refractivity contribution in [3.63, 3.8) is 0 Å². The molecule has 6 rings (SSSR count). The second-order valence-corrected chi connectivity index (χ2v) is 13.8. The van der Waals surface area contributed by atoms with Gasteiger partial charge in [-0.05, 0) is 80.3 Å². The Morgan fingerprint density at radius 2 is 0.906 bits per heavy atom.